The Labute approximate surface area is 92.9 Å². The van der Waals surface area contributed by atoms with E-state index in [1.54, 1.807) is 6.21 Å². The van der Waals surface area contributed by atoms with Crippen molar-refractivity contribution in [1.29, 1.82) is 0 Å². The summed E-state index contributed by atoms with van der Waals surface area (Å²) in [5.41, 5.74) is -0.0757. The van der Waals surface area contributed by atoms with Crippen LogP contribution in [0, 0.1) is 17.6 Å². The van der Waals surface area contributed by atoms with E-state index in [2.05, 4.69) is 5.16 Å². The van der Waals surface area contributed by atoms with E-state index in [4.69, 9.17) is 4.84 Å². The number of oxime groups is 1. The van der Waals surface area contributed by atoms with Gasteiger partial charge < -0.3 is 4.84 Å². The van der Waals surface area contributed by atoms with Crippen molar-refractivity contribution in [2.75, 3.05) is 0 Å². The van der Waals surface area contributed by atoms with Crippen molar-refractivity contribution in [3.8, 4) is 0 Å². The van der Waals surface area contributed by atoms with Gasteiger partial charge in [0.2, 0.25) is 0 Å². The molecule has 2 rings (SSSR count). The standard InChI is InChI=1S/C12H13F2NO/c13-11-5-2-6-12(14)10(11)8-16-15-7-9-3-1-4-9/h2,5-7,9H,1,3-4,8H2. The Hall–Kier alpha value is -1.45. The second-order valence-corrected chi connectivity index (χ2v) is 3.92. The number of halogens is 2. The summed E-state index contributed by atoms with van der Waals surface area (Å²) in [4.78, 5) is 4.88. The number of nitrogens with zero attached hydrogens (tertiary/aromatic N) is 1. The van der Waals surface area contributed by atoms with E-state index in [0.717, 1.165) is 12.8 Å². The molecule has 0 unspecified atom stereocenters. The largest absolute Gasteiger partial charge is 0.391 e. The van der Waals surface area contributed by atoms with E-state index >= 15 is 0 Å². The Morgan fingerprint density at radius 3 is 2.56 bits per heavy atom. The fourth-order valence-corrected chi connectivity index (χ4v) is 1.49. The maximum Gasteiger partial charge on any atom is 0.147 e. The molecular weight excluding hydrogens is 212 g/mol. The van der Waals surface area contributed by atoms with E-state index in [-0.39, 0.29) is 12.2 Å². The Kier molecular flexibility index (Phi) is 3.49. The van der Waals surface area contributed by atoms with Gasteiger partial charge in [-0.3, -0.25) is 0 Å². The molecule has 0 N–H and O–H groups in total. The van der Waals surface area contributed by atoms with E-state index in [9.17, 15) is 8.78 Å². The van der Waals surface area contributed by atoms with Crippen LogP contribution in [0.2, 0.25) is 0 Å². The van der Waals surface area contributed by atoms with Crippen LogP contribution in [-0.2, 0) is 11.4 Å². The number of hydrogen-bond acceptors (Lipinski definition) is 2. The van der Waals surface area contributed by atoms with Crippen LogP contribution < -0.4 is 0 Å². The Balaban J connectivity index is 1.86. The zero-order valence-electron chi connectivity index (χ0n) is 8.83. The third-order valence-electron chi connectivity index (χ3n) is 2.77. The number of rotatable bonds is 4. The number of benzene rings is 1. The summed E-state index contributed by atoms with van der Waals surface area (Å²) in [5, 5.41) is 3.71. The van der Waals surface area contributed by atoms with Crippen molar-refractivity contribution in [2.24, 2.45) is 11.1 Å². The van der Waals surface area contributed by atoms with E-state index < -0.39 is 11.6 Å². The second-order valence-electron chi connectivity index (χ2n) is 3.92. The van der Waals surface area contributed by atoms with Crippen molar-refractivity contribution in [1.82, 2.24) is 0 Å². The average molecular weight is 225 g/mol. The lowest BCUT2D eigenvalue weighted by Gasteiger charge is -2.19. The predicted molar refractivity (Wildman–Crippen MR) is 57.0 cm³/mol. The van der Waals surface area contributed by atoms with Gasteiger partial charge in [-0.2, -0.15) is 0 Å². The Morgan fingerprint density at radius 1 is 1.31 bits per heavy atom. The van der Waals surface area contributed by atoms with Crippen LogP contribution in [0.5, 0.6) is 0 Å². The predicted octanol–water partition coefficient (Wildman–Crippen LogP) is 3.27. The van der Waals surface area contributed by atoms with Crippen molar-refractivity contribution < 1.29 is 13.6 Å². The fourth-order valence-electron chi connectivity index (χ4n) is 1.49. The van der Waals surface area contributed by atoms with Gasteiger partial charge >= 0.3 is 0 Å². The average Bonchev–Trinajstić information content (AvgIpc) is 2.19. The Morgan fingerprint density at radius 2 is 2.00 bits per heavy atom. The van der Waals surface area contributed by atoms with Crippen LogP contribution in [0.25, 0.3) is 0 Å². The summed E-state index contributed by atoms with van der Waals surface area (Å²) in [6.07, 6.45) is 5.18. The lowest BCUT2D eigenvalue weighted by Crippen LogP contribution is -2.12. The van der Waals surface area contributed by atoms with Crippen LogP contribution in [0.4, 0.5) is 8.78 Å². The van der Waals surface area contributed by atoms with E-state index in [1.807, 2.05) is 0 Å². The minimum absolute atomic E-state index is 0.0757. The highest BCUT2D eigenvalue weighted by atomic mass is 19.1. The first kappa shape index (κ1) is 11.0. The third kappa shape index (κ3) is 2.56. The molecule has 0 aliphatic heterocycles. The van der Waals surface area contributed by atoms with Gasteiger partial charge in [-0.25, -0.2) is 8.78 Å². The van der Waals surface area contributed by atoms with Crippen LogP contribution in [0.3, 0.4) is 0 Å². The zero-order chi connectivity index (χ0) is 11.4. The highest BCUT2D eigenvalue weighted by molar-refractivity contribution is 5.60. The topological polar surface area (TPSA) is 21.6 Å². The molecule has 0 atom stereocenters. The lowest BCUT2D eigenvalue weighted by molar-refractivity contribution is 0.124. The summed E-state index contributed by atoms with van der Waals surface area (Å²) >= 11 is 0. The van der Waals surface area contributed by atoms with Crippen molar-refractivity contribution in [3.05, 3.63) is 35.4 Å². The first-order valence-corrected chi connectivity index (χ1v) is 5.35. The molecule has 86 valence electrons. The fraction of sp³-hybridized carbons (Fsp3) is 0.417. The summed E-state index contributed by atoms with van der Waals surface area (Å²) in [7, 11) is 0. The first-order valence-electron chi connectivity index (χ1n) is 5.35. The quantitative estimate of drug-likeness (QED) is 0.569. The molecule has 1 aromatic carbocycles. The van der Waals surface area contributed by atoms with E-state index in [1.165, 1.54) is 24.6 Å². The van der Waals surface area contributed by atoms with Gasteiger partial charge in [-0.1, -0.05) is 17.6 Å². The molecule has 1 fully saturated rings. The first-order chi connectivity index (χ1) is 7.77. The number of hydrogen-bond donors (Lipinski definition) is 0. The molecule has 0 amide bonds. The SMILES string of the molecule is Fc1cccc(F)c1CON=CC1CCC1. The molecule has 1 aromatic rings. The monoisotopic (exact) mass is 225 g/mol. The van der Waals surface area contributed by atoms with Gasteiger partial charge in [0.1, 0.15) is 18.2 Å². The Bertz CT molecular complexity index is 368. The maximum atomic E-state index is 13.1. The maximum absolute atomic E-state index is 13.1. The summed E-state index contributed by atoms with van der Waals surface area (Å²) < 4.78 is 26.3. The summed E-state index contributed by atoms with van der Waals surface area (Å²) in [5.74, 6) is -0.719. The molecule has 4 heteroatoms. The molecule has 1 saturated carbocycles. The lowest BCUT2D eigenvalue weighted by atomic mass is 9.87. The molecule has 0 aromatic heterocycles. The van der Waals surface area contributed by atoms with Crippen LogP contribution in [0.15, 0.2) is 23.4 Å². The van der Waals surface area contributed by atoms with Crippen molar-refractivity contribution in [3.63, 3.8) is 0 Å². The normalized spacial score (nSPS) is 16.4. The second kappa shape index (κ2) is 5.05. The zero-order valence-corrected chi connectivity index (χ0v) is 8.83. The molecule has 0 spiro atoms. The van der Waals surface area contributed by atoms with Gasteiger partial charge in [0.05, 0.1) is 5.56 Å². The van der Waals surface area contributed by atoms with Crippen LogP contribution >= 0.6 is 0 Å². The summed E-state index contributed by atoms with van der Waals surface area (Å²) in [6.45, 7) is -0.165. The highest BCUT2D eigenvalue weighted by Crippen LogP contribution is 2.24. The summed E-state index contributed by atoms with van der Waals surface area (Å²) in [6, 6.07) is 3.74. The van der Waals surface area contributed by atoms with Gasteiger partial charge in [0, 0.05) is 6.21 Å². The van der Waals surface area contributed by atoms with Gasteiger partial charge in [-0.05, 0) is 30.9 Å². The minimum Gasteiger partial charge on any atom is -0.391 e. The molecule has 16 heavy (non-hydrogen) atoms. The molecule has 1 aliphatic rings. The van der Waals surface area contributed by atoms with Crippen molar-refractivity contribution in [2.45, 2.75) is 25.9 Å². The molecule has 1 aliphatic carbocycles. The van der Waals surface area contributed by atoms with E-state index in [0.29, 0.717) is 5.92 Å². The van der Waals surface area contributed by atoms with Crippen molar-refractivity contribution >= 4 is 6.21 Å². The molecule has 2 nitrogen and oxygen atoms in total. The molecule has 0 bridgehead atoms. The minimum atomic E-state index is -0.598. The smallest absolute Gasteiger partial charge is 0.147 e. The molecular formula is C12H13F2NO. The van der Waals surface area contributed by atoms with Gasteiger partial charge in [0.15, 0.2) is 0 Å². The highest BCUT2D eigenvalue weighted by Gasteiger charge is 2.14. The van der Waals surface area contributed by atoms with Crippen LogP contribution in [-0.4, -0.2) is 6.21 Å². The van der Waals surface area contributed by atoms with Gasteiger partial charge in [-0.15, -0.1) is 0 Å². The molecule has 0 saturated heterocycles. The van der Waals surface area contributed by atoms with Crippen LogP contribution in [0.1, 0.15) is 24.8 Å². The van der Waals surface area contributed by atoms with Gasteiger partial charge in [0.25, 0.3) is 0 Å². The molecule has 0 heterocycles. The third-order valence-corrected chi connectivity index (χ3v) is 2.77. The molecule has 0 radical (unpaired) electrons.